The first-order valence-corrected chi connectivity index (χ1v) is 8.23. The number of hydrogen-bond donors (Lipinski definition) is 2. The van der Waals surface area contributed by atoms with Crippen LogP contribution in [0.3, 0.4) is 0 Å². The van der Waals surface area contributed by atoms with E-state index in [1.807, 2.05) is 24.3 Å². The molecule has 0 bridgehead atoms. The highest BCUT2D eigenvalue weighted by atomic mass is 16.1. The molecule has 1 saturated heterocycles. The molecule has 1 heterocycles. The van der Waals surface area contributed by atoms with Crippen molar-refractivity contribution in [2.24, 2.45) is 5.92 Å². The molecule has 1 aliphatic rings. The monoisotopic (exact) mass is 303 g/mol. The normalized spacial score (nSPS) is 19.9. The second-order valence-electron chi connectivity index (χ2n) is 7.20. The first-order chi connectivity index (χ1) is 10.4. The molecule has 1 amide bonds. The van der Waals surface area contributed by atoms with Gasteiger partial charge in [0.1, 0.15) is 0 Å². The number of amides is 1. The van der Waals surface area contributed by atoms with E-state index in [4.69, 9.17) is 5.73 Å². The predicted molar refractivity (Wildman–Crippen MR) is 91.6 cm³/mol. The predicted octanol–water partition coefficient (Wildman–Crippen LogP) is 2.44. The van der Waals surface area contributed by atoms with Gasteiger partial charge in [-0.05, 0) is 56.8 Å². The Labute approximate surface area is 134 Å². The summed E-state index contributed by atoms with van der Waals surface area (Å²) in [5, 5.41) is 3.09. The maximum Gasteiger partial charge on any atom is 0.224 e. The van der Waals surface area contributed by atoms with Crippen LogP contribution in [0.15, 0.2) is 24.3 Å². The van der Waals surface area contributed by atoms with Gasteiger partial charge in [-0.1, -0.05) is 19.1 Å². The van der Waals surface area contributed by atoms with E-state index in [1.165, 1.54) is 12.8 Å². The molecule has 4 heteroatoms. The quantitative estimate of drug-likeness (QED) is 0.821. The number of piperidine rings is 1. The van der Waals surface area contributed by atoms with E-state index in [9.17, 15) is 4.79 Å². The fourth-order valence-corrected chi connectivity index (χ4v) is 3.05. The molecule has 122 valence electrons. The van der Waals surface area contributed by atoms with E-state index in [0.29, 0.717) is 13.0 Å². The lowest BCUT2D eigenvalue weighted by Gasteiger charge is -2.43. The smallest absolute Gasteiger partial charge is 0.224 e. The van der Waals surface area contributed by atoms with Gasteiger partial charge >= 0.3 is 0 Å². The fourth-order valence-electron chi connectivity index (χ4n) is 3.05. The van der Waals surface area contributed by atoms with Crippen molar-refractivity contribution in [3.8, 4) is 0 Å². The fraction of sp³-hybridized carbons (Fsp3) is 0.611. The average Bonchev–Trinajstić information content (AvgIpc) is 2.48. The molecule has 0 spiro atoms. The van der Waals surface area contributed by atoms with Crippen molar-refractivity contribution in [2.75, 3.05) is 25.4 Å². The summed E-state index contributed by atoms with van der Waals surface area (Å²) >= 11 is 0. The van der Waals surface area contributed by atoms with Crippen molar-refractivity contribution in [3.63, 3.8) is 0 Å². The van der Waals surface area contributed by atoms with E-state index in [-0.39, 0.29) is 11.4 Å². The van der Waals surface area contributed by atoms with Gasteiger partial charge in [0, 0.05) is 24.3 Å². The Morgan fingerprint density at radius 1 is 1.36 bits per heavy atom. The van der Waals surface area contributed by atoms with E-state index in [0.717, 1.165) is 30.3 Å². The van der Waals surface area contributed by atoms with Gasteiger partial charge < -0.3 is 11.1 Å². The topological polar surface area (TPSA) is 58.4 Å². The molecule has 4 nitrogen and oxygen atoms in total. The molecule has 1 fully saturated rings. The molecule has 0 saturated carbocycles. The largest absolute Gasteiger partial charge is 0.399 e. The summed E-state index contributed by atoms with van der Waals surface area (Å²) in [6.07, 6.45) is 2.98. The lowest BCUT2D eigenvalue weighted by Crippen LogP contribution is -2.54. The van der Waals surface area contributed by atoms with Crippen molar-refractivity contribution < 1.29 is 4.79 Å². The summed E-state index contributed by atoms with van der Waals surface area (Å²) in [7, 11) is 0. The molecule has 1 aromatic carbocycles. The van der Waals surface area contributed by atoms with Crippen molar-refractivity contribution in [2.45, 2.75) is 45.6 Å². The number of rotatable bonds is 5. The first kappa shape index (κ1) is 16.8. The summed E-state index contributed by atoms with van der Waals surface area (Å²) in [5.74, 6) is 0.821. The summed E-state index contributed by atoms with van der Waals surface area (Å²) in [6, 6.07) is 7.49. The summed E-state index contributed by atoms with van der Waals surface area (Å²) in [4.78, 5) is 14.6. The minimum absolute atomic E-state index is 0.00541. The number of benzene rings is 1. The maximum absolute atomic E-state index is 12.1. The van der Waals surface area contributed by atoms with Gasteiger partial charge in [0.15, 0.2) is 0 Å². The van der Waals surface area contributed by atoms with E-state index in [2.05, 4.69) is 31.0 Å². The molecule has 1 unspecified atom stereocenters. The third-order valence-electron chi connectivity index (χ3n) is 4.58. The average molecular weight is 303 g/mol. The molecule has 1 atom stereocenters. The SMILES string of the molecule is CC1CCCN(C(C)(C)CNC(=O)Cc2ccc(N)cc2)C1. The third-order valence-corrected chi connectivity index (χ3v) is 4.58. The van der Waals surface area contributed by atoms with Crippen LogP contribution in [-0.2, 0) is 11.2 Å². The number of carbonyl (C=O) groups is 1. The van der Waals surface area contributed by atoms with Crippen LogP contribution in [0, 0.1) is 5.92 Å². The van der Waals surface area contributed by atoms with E-state index < -0.39 is 0 Å². The molecule has 0 radical (unpaired) electrons. The molecule has 22 heavy (non-hydrogen) atoms. The van der Waals surface area contributed by atoms with Crippen molar-refractivity contribution >= 4 is 11.6 Å². The van der Waals surface area contributed by atoms with Gasteiger partial charge in [-0.15, -0.1) is 0 Å². The number of carbonyl (C=O) groups excluding carboxylic acids is 1. The second-order valence-corrected chi connectivity index (χ2v) is 7.20. The number of nitrogens with one attached hydrogen (secondary N) is 1. The number of nitrogens with two attached hydrogens (primary N) is 1. The lowest BCUT2D eigenvalue weighted by molar-refractivity contribution is -0.121. The van der Waals surface area contributed by atoms with Crippen LogP contribution in [0.1, 0.15) is 39.2 Å². The molecule has 3 N–H and O–H groups in total. The third kappa shape index (κ3) is 4.73. The van der Waals surface area contributed by atoms with E-state index in [1.54, 1.807) is 0 Å². The molecule has 1 aromatic rings. The highest BCUT2D eigenvalue weighted by molar-refractivity contribution is 5.78. The highest BCUT2D eigenvalue weighted by Gasteiger charge is 2.30. The zero-order valence-corrected chi connectivity index (χ0v) is 14.1. The summed E-state index contributed by atoms with van der Waals surface area (Å²) in [6.45, 7) is 9.69. The van der Waals surface area contributed by atoms with Gasteiger partial charge in [-0.25, -0.2) is 0 Å². The van der Waals surface area contributed by atoms with Crippen LogP contribution in [0.2, 0.25) is 0 Å². The Morgan fingerprint density at radius 3 is 2.68 bits per heavy atom. The minimum atomic E-state index is 0.00541. The Bertz CT molecular complexity index is 496. The molecule has 2 rings (SSSR count). The standard InChI is InChI=1S/C18H29N3O/c1-14-5-4-10-21(12-14)18(2,3)13-20-17(22)11-15-6-8-16(19)9-7-15/h6-9,14H,4-5,10-13,19H2,1-3H3,(H,20,22). The van der Waals surface area contributed by atoms with Crippen molar-refractivity contribution in [3.05, 3.63) is 29.8 Å². The highest BCUT2D eigenvalue weighted by Crippen LogP contribution is 2.23. The van der Waals surface area contributed by atoms with E-state index >= 15 is 0 Å². The van der Waals surface area contributed by atoms with Gasteiger partial charge in [0.25, 0.3) is 0 Å². The van der Waals surface area contributed by atoms with Crippen LogP contribution >= 0.6 is 0 Å². The summed E-state index contributed by atoms with van der Waals surface area (Å²) in [5.41, 5.74) is 7.39. The Morgan fingerprint density at radius 2 is 2.05 bits per heavy atom. The number of nitrogen functional groups attached to an aromatic ring is 1. The number of hydrogen-bond acceptors (Lipinski definition) is 3. The Balaban J connectivity index is 1.82. The van der Waals surface area contributed by atoms with Crippen molar-refractivity contribution in [1.82, 2.24) is 10.2 Å². The van der Waals surface area contributed by atoms with Crippen LogP contribution in [-0.4, -0.2) is 36.0 Å². The number of nitrogens with zero attached hydrogens (tertiary/aromatic N) is 1. The van der Waals surface area contributed by atoms with Crippen LogP contribution < -0.4 is 11.1 Å². The van der Waals surface area contributed by atoms with Crippen LogP contribution in [0.5, 0.6) is 0 Å². The second kappa shape index (κ2) is 7.14. The number of anilines is 1. The molecule has 1 aliphatic heterocycles. The Kier molecular flexibility index (Phi) is 5.46. The zero-order chi connectivity index (χ0) is 16.2. The van der Waals surface area contributed by atoms with Gasteiger partial charge in [-0.2, -0.15) is 0 Å². The summed E-state index contributed by atoms with van der Waals surface area (Å²) < 4.78 is 0. The molecule has 0 aliphatic carbocycles. The van der Waals surface area contributed by atoms with Crippen LogP contribution in [0.4, 0.5) is 5.69 Å². The Hall–Kier alpha value is -1.55. The molecular formula is C18H29N3O. The minimum Gasteiger partial charge on any atom is -0.399 e. The maximum atomic E-state index is 12.1. The lowest BCUT2D eigenvalue weighted by atomic mass is 9.93. The van der Waals surface area contributed by atoms with Gasteiger partial charge in [-0.3, -0.25) is 9.69 Å². The number of likely N-dealkylation sites (tertiary alicyclic amines) is 1. The van der Waals surface area contributed by atoms with Crippen LogP contribution in [0.25, 0.3) is 0 Å². The molecular weight excluding hydrogens is 274 g/mol. The van der Waals surface area contributed by atoms with Crippen molar-refractivity contribution in [1.29, 1.82) is 0 Å². The zero-order valence-electron chi connectivity index (χ0n) is 14.1. The molecule has 0 aromatic heterocycles. The van der Waals surface area contributed by atoms with Gasteiger partial charge in [0.2, 0.25) is 5.91 Å². The van der Waals surface area contributed by atoms with Gasteiger partial charge in [0.05, 0.1) is 6.42 Å². The first-order valence-electron chi connectivity index (χ1n) is 8.23.